The molecule has 5 nitrogen and oxygen atoms in total. The first kappa shape index (κ1) is 11.6. The molecule has 0 aliphatic heterocycles. The fourth-order valence-electron chi connectivity index (χ4n) is 0.733. The fourth-order valence-corrected chi connectivity index (χ4v) is 0.733. The second-order valence-corrected chi connectivity index (χ2v) is 2.39. The van der Waals surface area contributed by atoms with Gasteiger partial charge in [0.15, 0.2) is 0 Å². The van der Waals surface area contributed by atoms with Crippen molar-refractivity contribution in [2.45, 2.75) is 26.2 Å². The van der Waals surface area contributed by atoms with E-state index >= 15 is 0 Å². The largest absolute Gasteiger partial charge is 0.476 e. The number of carbonyl (C=O) groups excluding carboxylic acids is 2. The Morgan fingerprint density at radius 2 is 1.85 bits per heavy atom. The zero-order valence-electron chi connectivity index (χ0n) is 7.41. The van der Waals surface area contributed by atoms with E-state index in [9.17, 15) is 14.4 Å². The van der Waals surface area contributed by atoms with Crippen LogP contribution in [-0.4, -0.2) is 29.4 Å². The highest BCUT2D eigenvalue weighted by Gasteiger charge is 2.11. The normalized spacial score (nSPS) is 9.31. The van der Waals surface area contributed by atoms with Crippen molar-refractivity contribution in [1.82, 2.24) is 0 Å². The van der Waals surface area contributed by atoms with E-state index in [1.807, 2.05) is 0 Å². The molecule has 0 aromatic heterocycles. The predicted octanol–water partition coefficient (Wildman–Crippen LogP) is 0.374. The molecule has 13 heavy (non-hydrogen) atoms. The van der Waals surface area contributed by atoms with Crippen molar-refractivity contribution in [3.05, 3.63) is 0 Å². The van der Waals surface area contributed by atoms with Gasteiger partial charge in [0.2, 0.25) is 5.78 Å². The minimum absolute atomic E-state index is 0.0901. The van der Waals surface area contributed by atoms with Crippen molar-refractivity contribution < 1.29 is 24.2 Å². The van der Waals surface area contributed by atoms with Gasteiger partial charge in [-0.25, -0.2) is 4.79 Å². The molecule has 0 radical (unpaired) electrons. The lowest BCUT2D eigenvalue weighted by Crippen LogP contribution is -2.13. The molecule has 0 fully saturated rings. The highest BCUT2D eigenvalue weighted by molar-refractivity contribution is 6.32. The molecule has 1 N–H and O–H groups in total. The topological polar surface area (TPSA) is 80.7 Å². The van der Waals surface area contributed by atoms with Crippen LogP contribution < -0.4 is 0 Å². The number of hydrogen-bond donors (Lipinski definition) is 1. The Morgan fingerprint density at radius 3 is 2.31 bits per heavy atom. The van der Waals surface area contributed by atoms with Crippen LogP contribution in [0, 0.1) is 0 Å². The maximum atomic E-state index is 10.7. The van der Waals surface area contributed by atoms with Crippen molar-refractivity contribution >= 4 is 17.7 Å². The van der Waals surface area contributed by atoms with Crippen LogP contribution in [0.25, 0.3) is 0 Å². The molecule has 5 heteroatoms. The van der Waals surface area contributed by atoms with Crippen LogP contribution in [0.1, 0.15) is 26.2 Å². The van der Waals surface area contributed by atoms with Crippen molar-refractivity contribution in [3.63, 3.8) is 0 Å². The summed E-state index contributed by atoms with van der Waals surface area (Å²) in [6, 6.07) is 0. The van der Waals surface area contributed by atoms with E-state index in [1.54, 1.807) is 6.92 Å². The Hall–Kier alpha value is -1.39. The molecule has 0 saturated heterocycles. The van der Waals surface area contributed by atoms with Gasteiger partial charge in [-0.2, -0.15) is 0 Å². The van der Waals surface area contributed by atoms with Gasteiger partial charge in [-0.05, 0) is 13.3 Å². The maximum absolute atomic E-state index is 10.7. The highest BCUT2D eigenvalue weighted by Crippen LogP contribution is 1.98. The predicted molar refractivity (Wildman–Crippen MR) is 43.1 cm³/mol. The van der Waals surface area contributed by atoms with Crippen LogP contribution in [0.2, 0.25) is 0 Å². The van der Waals surface area contributed by atoms with Gasteiger partial charge in [-0.15, -0.1) is 0 Å². The summed E-state index contributed by atoms with van der Waals surface area (Å²) in [6.07, 6.45) is 0.199. The molecular weight excluding hydrogens is 176 g/mol. The zero-order chi connectivity index (χ0) is 10.3. The van der Waals surface area contributed by atoms with Gasteiger partial charge in [0, 0.05) is 12.8 Å². The number of hydrogen-bond acceptors (Lipinski definition) is 4. The maximum Gasteiger partial charge on any atom is 0.372 e. The molecule has 0 aliphatic rings. The van der Waals surface area contributed by atoms with Gasteiger partial charge in [-0.3, -0.25) is 9.59 Å². The van der Waals surface area contributed by atoms with Crippen LogP contribution in [-0.2, 0) is 19.1 Å². The molecule has 0 bridgehead atoms. The average molecular weight is 188 g/mol. The smallest absolute Gasteiger partial charge is 0.372 e. The molecule has 0 spiro atoms. The minimum atomic E-state index is -1.45. The van der Waals surface area contributed by atoms with Crippen molar-refractivity contribution in [3.8, 4) is 0 Å². The Morgan fingerprint density at radius 1 is 1.23 bits per heavy atom. The number of ether oxygens (including phenoxy) is 1. The molecule has 0 aromatic rings. The van der Waals surface area contributed by atoms with Crippen LogP contribution in [0.15, 0.2) is 0 Å². The molecule has 0 heterocycles. The van der Waals surface area contributed by atoms with Gasteiger partial charge < -0.3 is 9.84 Å². The fraction of sp³-hybridized carbons (Fsp3) is 0.625. The van der Waals surface area contributed by atoms with E-state index in [0.717, 1.165) is 0 Å². The quantitative estimate of drug-likeness (QED) is 0.481. The number of carboxylic acid groups (broad SMARTS) is 1. The van der Waals surface area contributed by atoms with Crippen LogP contribution in [0.5, 0.6) is 0 Å². The van der Waals surface area contributed by atoms with E-state index in [1.165, 1.54) is 0 Å². The lowest BCUT2D eigenvalue weighted by Gasteiger charge is -1.99. The van der Waals surface area contributed by atoms with E-state index in [0.29, 0.717) is 6.61 Å². The molecule has 0 aromatic carbocycles. The summed E-state index contributed by atoms with van der Waals surface area (Å²) in [5, 5.41) is 8.18. The Bertz CT molecular complexity index is 209. The molecule has 0 rings (SSSR count). The first-order chi connectivity index (χ1) is 6.07. The number of Topliss-reactive ketones (excluding diaryl/α,β-unsaturated/α-hetero) is 1. The van der Waals surface area contributed by atoms with Crippen molar-refractivity contribution in [1.29, 1.82) is 0 Å². The standard InChI is InChI=1S/C8H12O5/c1-2-13-7(10)5-3-4-6(9)8(11)12/h2-5H2,1H3,(H,11,12). The summed E-state index contributed by atoms with van der Waals surface area (Å²) in [6.45, 7) is 1.98. The summed E-state index contributed by atoms with van der Waals surface area (Å²) >= 11 is 0. The Labute approximate surface area is 75.7 Å². The molecule has 0 aliphatic carbocycles. The summed E-state index contributed by atoms with van der Waals surface area (Å²) in [5.41, 5.74) is 0. The number of carbonyl (C=O) groups is 3. The van der Waals surface area contributed by atoms with Gasteiger partial charge in [0.1, 0.15) is 0 Å². The lowest BCUT2D eigenvalue weighted by molar-refractivity contribution is -0.149. The number of carboxylic acids is 1. The number of aliphatic carboxylic acids is 1. The van der Waals surface area contributed by atoms with E-state index < -0.39 is 17.7 Å². The van der Waals surface area contributed by atoms with Gasteiger partial charge >= 0.3 is 11.9 Å². The van der Waals surface area contributed by atoms with Gasteiger partial charge in [0.05, 0.1) is 6.61 Å². The highest BCUT2D eigenvalue weighted by atomic mass is 16.5. The molecule has 74 valence electrons. The summed E-state index contributed by atoms with van der Waals surface area (Å²) < 4.78 is 4.59. The molecular formula is C8H12O5. The van der Waals surface area contributed by atoms with Crippen molar-refractivity contribution in [2.75, 3.05) is 6.61 Å². The summed E-state index contributed by atoms with van der Waals surface area (Å²) in [4.78, 5) is 31.3. The zero-order valence-corrected chi connectivity index (χ0v) is 7.41. The van der Waals surface area contributed by atoms with Crippen molar-refractivity contribution in [2.24, 2.45) is 0 Å². The van der Waals surface area contributed by atoms with E-state index in [4.69, 9.17) is 5.11 Å². The van der Waals surface area contributed by atoms with Crippen LogP contribution >= 0.6 is 0 Å². The number of ketones is 1. The number of rotatable bonds is 6. The lowest BCUT2D eigenvalue weighted by atomic mass is 10.2. The Kier molecular flexibility index (Phi) is 5.50. The average Bonchev–Trinajstić information content (AvgIpc) is 2.04. The molecule has 0 amide bonds. The Balaban J connectivity index is 3.50. The first-order valence-corrected chi connectivity index (χ1v) is 3.99. The third-order valence-electron chi connectivity index (χ3n) is 1.33. The van der Waals surface area contributed by atoms with Gasteiger partial charge in [-0.1, -0.05) is 0 Å². The van der Waals surface area contributed by atoms with E-state index in [-0.39, 0.29) is 19.3 Å². The third-order valence-corrected chi connectivity index (χ3v) is 1.33. The second-order valence-electron chi connectivity index (χ2n) is 2.39. The third kappa shape index (κ3) is 5.84. The minimum Gasteiger partial charge on any atom is -0.476 e. The van der Waals surface area contributed by atoms with Gasteiger partial charge in [0.25, 0.3) is 0 Å². The van der Waals surface area contributed by atoms with E-state index in [2.05, 4.69) is 4.74 Å². The number of esters is 1. The molecule has 0 unspecified atom stereocenters. The first-order valence-electron chi connectivity index (χ1n) is 3.99. The van der Waals surface area contributed by atoms with Crippen LogP contribution in [0.4, 0.5) is 0 Å². The SMILES string of the molecule is CCOC(=O)CCCC(=O)C(=O)O. The molecule has 0 saturated carbocycles. The second kappa shape index (κ2) is 6.16. The molecule has 0 atom stereocenters. The summed E-state index contributed by atoms with van der Waals surface area (Å²) in [5.74, 6) is -2.73. The summed E-state index contributed by atoms with van der Waals surface area (Å²) in [7, 11) is 0. The monoisotopic (exact) mass is 188 g/mol. The van der Waals surface area contributed by atoms with Crippen LogP contribution in [0.3, 0.4) is 0 Å².